The fourth-order valence-corrected chi connectivity index (χ4v) is 5.17. The molecule has 190 valence electrons. The summed E-state index contributed by atoms with van der Waals surface area (Å²) in [6, 6.07) is 15.3. The lowest BCUT2D eigenvalue weighted by Crippen LogP contribution is -2.30. The van der Waals surface area contributed by atoms with Crippen molar-refractivity contribution < 1.29 is 14.3 Å². The predicted molar refractivity (Wildman–Crippen MR) is 148 cm³/mol. The molecule has 1 fully saturated rings. The summed E-state index contributed by atoms with van der Waals surface area (Å²) in [5.74, 6) is 0.907. The molecule has 1 aromatic heterocycles. The molecule has 1 aliphatic rings. The molecule has 1 amide bonds. The molecule has 0 atom stereocenters. The number of aryl methyl sites for hydroxylation is 1. The highest BCUT2D eigenvalue weighted by Gasteiger charge is 2.17. The fourth-order valence-electron chi connectivity index (χ4n) is 4.15. The molecule has 1 saturated heterocycles. The number of carbonyl (C=O) groups is 1. The summed E-state index contributed by atoms with van der Waals surface area (Å²) < 4.78 is 10.6. The minimum absolute atomic E-state index is 0. The van der Waals surface area contributed by atoms with Crippen LogP contribution in [0.1, 0.15) is 40.9 Å². The minimum atomic E-state index is -0.236. The Morgan fingerprint density at radius 1 is 1.00 bits per heavy atom. The van der Waals surface area contributed by atoms with Crippen molar-refractivity contribution in [3.8, 4) is 22.8 Å². The Labute approximate surface area is 223 Å². The molecule has 4 rings (SSSR count). The van der Waals surface area contributed by atoms with Crippen LogP contribution < -0.4 is 14.8 Å². The SMILES string of the molecule is COc1cc(OC)cc(C(=O)Nc2nc(-c3ccccc3)c(CCCN3CCCCC3)s2)c1.Cl.Cl. The van der Waals surface area contributed by atoms with E-state index in [-0.39, 0.29) is 30.7 Å². The van der Waals surface area contributed by atoms with Crippen LogP contribution in [0.3, 0.4) is 0 Å². The van der Waals surface area contributed by atoms with Crippen molar-refractivity contribution in [2.24, 2.45) is 0 Å². The molecule has 0 saturated carbocycles. The van der Waals surface area contributed by atoms with Gasteiger partial charge in [-0.25, -0.2) is 4.98 Å². The van der Waals surface area contributed by atoms with Crippen LogP contribution in [-0.4, -0.2) is 49.6 Å². The van der Waals surface area contributed by atoms with Gasteiger partial charge in [0.05, 0.1) is 19.9 Å². The maximum absolute atomic E-state index is 13.0. The summed E-state index contributed by atoms with van der Waals surface area (Å²) in [6.07, 6.45) is 6.00. The van der Waals surface area contributed by atoms with Gasteiger partial charge in [-0.15, -0.1) is 36.2 Å². The molecular weight excluding hydrogens is 505 g/mol. The molecule has 1 aliphatic heterocycles. The Bertz CT molecular complexity index is 1050. The highest BCUT2D eigenvalue weighted by molar-refractivity contribution is 7.16. The Morgan fingerprint density at radius 3 is 2.29 bits per heavy atom. The minimum Gasteiger partial charge on any atom is -0.497 e. The van der Waals surface area contributed by atoms with Gasteiger partial charge >= 0.3 is 0 Å². The molecule has 3 aromatic rings. The molecule has 0 aliphatic carbocycles. The van der Waals surface area contributed by atoms with E-state index in [9.17, 15) is 4.79 Å². The monoisotopic (exact) mass is 537 g/mol. The predicted octanol–water partition coefficient (Wildman–Crippen LogP) is 6.34. The number of nitrogens with one attached hydrogen (secondary N) is 1. The van der Waals surface area contributed by atoms with Gasteiger partial charge < -0.3 is 14.4 Å². The normalized spacial score (nSPS) is 13.3. The van der Waals surface area contributed by atoms with Crippen molar-refractivity contribution >= 4 is 47.2 Å². The number of hydrogen-bond acceptors (Lipinski definition) is 6. The highest BCUT2D eigenvalue weighted by Crippen LogP contribution is 2.33. The number of anilines is 1. The zero-order valence-electron chi connectivity index (χ0n) is 20.1. The van der Waals surface area contributed by atoms with Crippen molar-refractivity contribution in [3.63, 3.8) is 0 Å². The van der Waals surface area contributed by atoms with E-state index in [0.29, 0.717) is 22.2 Å². The van der Waals surface area contributed by atoms with E-state index in [4.69, 9.17) is 14.5 Å². The topological polar surface area (TPSA) is 63.7 Å². The first-order valence-corrected chi connectivity index (χ1v) is 12.3. The zero-order valence-corrected chi connectivity index (χ0v) is 22.6. The molecule has 35 heavy (non-hydrogen) atoms. The fraction of sp³-hybridized carbons (Fsp3) is 0.385. The Hall–Kier alpha value is -2.32. The number of thiazole rings is 1. The third kappa shape index (κ3) is 7.84. The number of halogens is 2. The summed E-state index contributed by atoms with van der Waals surface area (Å²) in [5, 5.41) is 3.58. The number of methoxy groups -OCH3 is 2. The first kappa shape index (κ1) is 28.9. The van der Waals surface area contributed by atoms with Crippen LogP contribution in [0.15, 0.2) is 48.5 Å². The van der Waals surface area contributed by atoms with Gasteiger partial charge in [0.2, 0.25) is 0 Å². The third-order valence-electron chi connectivity index (χ3n) is 5.91. The largest absolute Gasteiger partial charge is 0.497 e. The van der Waals surface area contributed by atoms with Gasteiger partial charge in [0.15, 0.2) is 5.13 Å². The molecular formula is C26H33Cl2N3O3S. The Morgan fingerprint density at radius 2 is 1.66 bits per heavy atom. The van der Waals surface area contributed by atoms with Crippen molar-refractivity contribution in [1.82, 2.24) is 9.88 Å². The van der Waals surface area contributed by atoms with Gasteiger partial charge in [-0.3, -0.25) is 10.1 Å². The van der Waals surface area contributed by atoms with Crippen LogP contribution in [0.5, 0.6) is 11.5 Å². The van der Waals surface area contributed by atoms with Gasteiger partial charge in [0, 0.05) is 22.1 Å². The van der Waals surface area contributed by atoms with Gasteiger partial charge in [-0.05, 0) is 57.5 Å². The van der Waals surface area contributed by atoms with Crippen molar-refractivity contribution in [2.45, 2.75) is 32.1 Å². The molecule has 1 N–H and O–H groups in total. The average molecular weight is 539 g/mol. The lowest BCUT2D eigenvalue weighted by molar-refractivity contribution is 0.102. The molecule has 2 aromatic carbocycles. The van der Waals surface area contributed by atoms with Gasteiger partial charge in [0.1, 0.15) is 11.5 Å². The number of benzene rings is 2. The number of ether oxygens (including phenoxy) is 2. The van der Waals surface area contributed by atoms with E-state index in [2.05, 4.69) is 22.3 Å². The maximum Gasteiger partial charge on any atom is 0.257 e. The number of amides is 1. The smallest absolute Gasteiger partial charge is 0.257 e. The molecule has 9 heteroatoms. The highest BCUT2D eigenvalue weighted by atomic mass is 35.5. The summed E-state index contributed by atoms with van der Waals surface area (Å²) in [4.78, 5) is 21.5. The zero-order chi connectivity index (χ0) is 23.0. The van der Waals surface area contributed by atoms with E-state index in [1.807, 2.05) is 18.2 Å². The summed E-state index contributed by atoms with van der Waals surface area (Å²) in [6.45, 7) is 3.52. The second kappa shape index (κ2) is 14.3. The van der Waals surface area contributed by atoms with Crippen LogP contribution in [0.4, 0.5) is 5.13 Å². The van der Waals surface area contributed by atoms with Gasteiger partial charge in [0.25, 0.3) is 5.91 Å². The number of rotatable bonds is 9. The molecule has 6 nitrogen and oxygen atoms in total. The third-order valence-corrected chi connectivity index (χ3v) is 6.94. The van der Waals surface area contributed by atoms with Crippen LogP contribution in [0.25, 0.3) is 11.3 Å². The van der Waals surface area contributed by atoms with Crippen LogP contribution >= 0.6 is 36.2 Å². The van der Waals surface area contributed by atoms with E-state index < -0.39 is 0 Å². The lowest BCUT2D eigenvalue weighted by atomic mass is 10.1. The average Bonchev–Trinajstić information content (AvgIpc) is 3.27. The number of piperidine rings is 1. The quantitative estimate of drug-likeness (QED) is 0.345. The number of nitrogens with zero attached hydrogens (tertiary/aromatic N) is 2. The van der Waals surface area contributed by atoms with E-state index in [1.165, 1.54) is 37.2 Å². The van der Waals surface area contributed by atoms with Gasteiger partial charge in [-0.2, -0.15) is 0 Å². The van der Waals surface area contributed by atoms with Crippen molar-refractivity contribution in [1.29, 1.82) is 0 Å². The Balaban J connectivity index is 0.00000216. The molecule has 0 spiro atoms. The van der Waals surface area contributed by atoms with Crippen molar-refractivity contribution in [3.05, 3.63) is 59.0 Å². The van der Waals surface area contributed by atoms with Crippen LogP contribution in [0, 0.1) is 0 Å². The van der Waals surface area contributed by atoms with Crippen LogP contribution in [0.2, 0.25) is 0 Å². The summed E-state index contributed by atoms with van der Waals surface area (Å²) in [5.41, 5.74) is 2.50. The molecule has 0 radical (unpaired) electrons. The molecule has 0 bridgehead atoms. The Kier molecular flexibility index (Phi) is 11.8. The lowest BCUT2D eigenvalue weighted by Gasteiger charge is -2.26. The first-order chi connectivity index (χ1) is 16.2. The number of aromatic nitrogens is 1. The van der Waals surface area contributed by atoms with E-state index >= 15 is 0 Å². The maximum atomic E-state index is 13.0. The van der Waals surface area contributed by atoms with Crippen molar-refractivity contribution in [2.75, 3.05) is 39.2 Å². The summed E-state index contributed by atoms with van der Waals surface area (Å²) >= 11 is 1.56. The number of hydrogen-bond donors (Lipinski definition) is 1. The number of carbonyl (C=O) groups excluding carboxylic acids is 1. The number of likely N-dealkylation sites (tertiary alicyclic amines) is 1. The second-order valence-corrected chi connectivity index (χ2v) is 9.30. The molecule has 0 unspecified atom stereocenters. The molecule has 2 heterocycles. The second-order valence-electron chi connectivity index (χ2n) is 8.22. The van der Waals surface area contributed by atoms with E-state index in [1.54, 1.807) is 43.8 Å². The standard InChI is InChI=1S/C26H31N3O3S.2ClH/c1-31-21-16-20(17-22(18-21)32-2)25(30)28-26-27-24(19-10-5-3-6-11-19)23(33-26)12-9-15-29-13-7-4-8-14-29;;/h3,5-6,10-11,16-18H,4,7-9,12-15H2,1-2H3,(H,27,28,30);2*1H. The van der Waals surface area contributed by atoms with Crippen LogP contribution in [-0.2, 0) is 6.42 Å². The first-order valence-electron chi connectivity index (χ1n) is 11.5. The van der Waals surface area contributed by atoms with Gasteiger partial charge in [-0.1, -0.05) is 36.8 Å². The van der Waals surface area contributed by atoms with E-state index in [0.717, 1.165) is 30.6 Å². The summed E-state index contributed by atoms with van der Waals surface area (Å²) in [7, 11) is 3.14.